The van der Waals surface area contributed by atoms with Gasteiger partial charge in [-0.3, -0.25) is 5.41 Å². The van der Waals surface area contributed by atoms with E-state index in [0.717, 1.165) is 48.0 Å². The standard InChI is InChI=1S/C22H32N2O/c1-4-6-10-16-24(17-11-7-5-2)22(23)20-14-15-21(25-3)19-13-9-8-12-18(19)20/h8-9,12-15,23H,4-7,10-11,16-17H2,1-3H3. The fraction of sp³-hybridized carbons (Fsp3) is 0.500. The van der Waals surface area contributed by atoms with Crippen molar-refractivity contribution in [1.29, 1.82) is 5.41 Å². The fourth-order valence-corrected chi connectivity index (χ4v) is 3.27. The highest BCUT2D eigenvalue weighted by molar-refractivity contribution is 6.09. The minimum absolute atomic E-state index is 0.644. The smallest absolute Gasteiger partial charge is 0.128 e. The number of hydrogen-bond acceptors (Lipinski definition) is 2. The van der Waals surface area contributed by atoms with Gasteiger partial charge in [-0.2, -0.15) is 0 Å². The van der Waals surface area contributed by atoms with E-state index < -0.39 is 0 Å². The molecule has 3 heteroatoms. The highest BCUT2D eigenvalue weighted by Gasteiger charge is 2.15. The van der Waals surface area contributed by atoms with Crippen LogP contribution in [0.1, 0.15) is 57.9 Å². The van der Waals surface area contributed by atoms with Crippen molar-refractivity contribution in [3.63, 3.8) is 0 Å². The Morgan fingerprint density at radius 2 is 1.48 bits per heavy atom. The van der Waals surface area contributed by atoms with Gasteiger partial charge < -0.3 is 9.64 Å². The molecule has 136 valence electrons. The van der Waals surface area contributed by atoms with E-state index in [1.807, 2.05) is 24.3 Å². The van der Waals surface area contributed by atoms with Gasteiger partial charge in [-0.25, -0.2) is 0 Å². The Morgan fingerprint density at radius 3 is 2.04 bits per heavy atom. The summed E-state index contributed by atoms with van der Waals surface area (Å²) in [6, 6.07) is 12.3. The topological polar surface area (TPSA) is 36.3 Å². The molecular weight excluding hydrogens is 308 g/mol. The quantitative estimate of drug-likeness (QED) is 0.334. The van der Waals surface area contributed by atoms with E-state index in [-0.39, 0.29) is 0 Å². The summed E-state index contributed by atoms with van der Waals surface area (Å²) >= 11 is 0. The van der Waals surface area contributed by atoms with Gasteiger partial charge in [0.2, 0.25) is 0 Å². The molecule has 2 rings (SSSR count). The average molecular weight is 341 g/mol. The first-order chi connectivity index (χ1) is 12.2. The van der Waals surface area contributed by atoms with Crippen LogP contribution in [-0.2, 0) is 0 Å². The normalized spacial score (nSPS) is 10.8. The monoisotopic (exact) mass is 340 g/mol. The molecule has 0 aromatic heterocycles. The van der Waals surface area contributed by atoms with Gasteiger partial charge in [-0.15, -0.1) is 0 Å². The molecule has 0 bridgehead atoms. The third-order valence-corrected chi connectivity index (χ3v) is 4.74. The maximum Gasteiger partial charge on any atom is 0.128 e. The van der Waals surface area contributed by atoms with Crippen LogP contribution in [0.3, 0.4) is 0 Å². The summed E-state index contributed by atoms with van der Waals surface area (Å²) in [6.07, 6.45) is 7.17. The SMILES string of the molecule is CCCCCN(CCCCC)C(=N)c1ccc(OC)c2ccccc12. The summed E-state index contributed by atoms with van der Waals surface area (Å²) in [5.74, 6) is 1.52. The van der Waals surface area contributed by atoms with Crippen LogP contribution >= 0.6 is 0 Å². The molecule has 0 aliphatic carbocycles. The zero-order valence-electron chi connectivity index (χ0n) is 16.0. The highest BCUT2D eigenvalue weighted by Crippen LogP contribution is 2.29. The molecule has 0 amide bonds. The number of unbranched alkanes of at least 4 members (excludes halogenated alkanes) is 4. The number of rotatable bonds is 10. The van der Waals surface area contributed by atoms with Gasteiger partial charge in [-0.1, -0.05) is 63.8 Å². The van der Waals surface area contributed by atoms with Gasteiger partial charge >= 0.3 is 0 Å². The number of nitrogens with zero attached hydrogens (tertiary/aromatic N) is 1. The van der Waals surface area contributed by atoms with Crippen molar-refractivity contribution in [3.05, 3.63) is 42.0 Å². The molecule has 0 aliphatic heterocycles. The Morgan fingerprint density at radius 1 is 0.880 bits per heavy atom. The molecule has 0 fully saturated rings. The number of fused-ring (bicyclic) bond motifs is 1. The summed E-state index contributed by atoms with van der Waals surface area (Å²) in [6.45, 7) is 6.39. The second-order valence-electron chi connectivity index (χ2n) is 6.61. The molecule has 0 spiro atoms. The number of benzene rings is 2. The Kier molecular flexibility index (Phi) is 7.77. The second-order valence-corrected chi connectivity index (χ2v) is 6.61. The molecule has 0 atom stereocenters. The molecule has 2 aromatic rings. The van der Waals surface area contributed by atoms with Crippen LogP contribution in [0.4, 0.5) is 0 Å². The van der Waals surface area contributed by atoms with Gasteiger partial charge in [-0.05, 0) is 30.4 Å². The minimum atomic E-state index is 0.644. The van der Waals surface area contributed by atoms with Gasteiger partial charge in [0.05, 0.1) is 7.11 Å². The number of methoxy groups -OCH3 is 1. The zero-order valence-corrected chi connectivity index (χ0v) is 16.0. The van der Waals surface area contributed by atoms with E-state index in [2.05, 4.69) is 30.9 Å². The lowest BCUT2D eigenvalue weighted by Crippen LogP contribution is -2.33. The molecule has 0 aliphatic rings. The zero-order chi connectivity index (χ0) is 18.1. The fourth-order valence-electron chi connectivity index (χ4n) is 3.27. The van der Waals surface area contributed by atoms with Crippen molar-refractivity contribution < 1.29 is 4.74 Å². The molecule has 0 radical (unpaired) electrons. The molecule has 0 unspecified atom stereocenters. The van der Waals surface area contributed by atoms with Crippen LogP contribution in [0.15, 0.2) is 36.4 Å². The highest BCUT2D eigenvalue weighted by atomic mass is 16.5. The number of nitrogens with one attached hydrogen (secondary N) is 1. The third kappa shape index (κ3) is 4.97. The lowest BCUT2D eigenvalue weighted by molar-refractivity contribution is 0.389. The van der Waals surface area contributed by atoms with Gasteiger partial charge in [0, 0.05) is 24.0 Å². The molecular formula is C22H32N2O. The maximum absolute atomic E-state index is 8.85. The van der Waals surface area contributed by atoms with E-state index >= 15 is 0 Å². The summed E-state index contributed by atoms with van der Waals surface area (Å²) in [4.78, 5) is 2.26. The maximum atomic E-state index is 8.85. The van der Waals surface area contributed by atoms with Crippen molar-refractivity contribution in [2.45, 2.75) is 52.4 Å². The molecule has 0 heterocycles. The average Bonchev–Trinajstić information content (AvgIpc) is 2.65. The molecule has 25 heavy (non-hydrogen) atoms. The summed E-state index contributed by atoms with van der Waals surface area (Å²) in [5, 5.41) is 11.0. The van der Waals surface area contributed by atoms with Crippen molar-refractivity contribution >= 4 is 16.6 Å². The van der Waals surface area contributed by atoms with Crippen LogP contribution in [0, 0.1) is 5.41 Å². The van der Waals surface area contributed by atoms with Crippen molar-refractivity contribution in [3.8, 4) is 5.75 Å². The minimum Gasteiger partial charge on any atom is -0.496 e. The van der Waals surface area contributed by atoms with Crippen LogP contribution in [0.5, 0.6) is 5.75 Å². The third-order valence-electron chi connectivity index (χ3n) is 4.74. The van der Waals surface area contributed by atoms with Crippen LogP contribution in [0.25, 0.3) is 10.8 Å². The molecule has 0 saturated heterocycles. The molecule has 0 saturated carbocycles. The van der Waals surface area contributed by atoms with Gasteiger partial charge in [0.1, 0.15) is 11.6 Å². The Hall–Kier alpha value is -2.03. The van der Waals surface area contributed by atoms with Crippen molar-refractivity contribution in [2.24, 2.45) is 0 Å². The Bertz CT molecular complexity index is 671. The van der Waals surface area contributed by atoms with Crippen LogP contribution in [0.2, 0.25) is 0 Å². The lowest BCUT2D eigenvalue weighted by atomic mass is 10.0. The molecule has 3 nitrogen and oxygen atoms in total. The van der Waals surface area contributed by atoms with Crippen molar-refractivity contribution in [2.75, 3.05) is 20.2 Å². The Labute approximate surface area is 152 Å². The lowest BCUT2D eigenvalue weighted by Gasteiger charge is -2.26. The van der Waals surface area contributed by atoms with E-state index in [9.17, 15) is 0 Å². The first kappa shape index (κ1) is 19.3. The summed E-state index contributed by atoms with van der Waals surface area (Å²) in [7, 11) is 1.70. The predicted molar refractivity (Wildman–Crippen MR) is 108 cm³/mol. The second kappa shape index (κ2) is 10.1. The molecule has 2 aromatic carbocycles. The summed E-state index contributed by atoms with van der Waals surface area (Å²) < 4.78 is 5.50. The first-order valence-electron chi connectivity index (χ1n) is 9.62. The van der Waals surface area contributed by atoms with E-state index in [0.29, 0.717) is 5.84 Å². The van der Waals surface area contributed by atoms with Gasteiger partial charge in [0.25, 0.3) is 0 Å². The van der Waals surface area contributed by atoms with Crippen molar-refractivity contribution in [1.82, 2.24) is 4.90 Å². The number of ether oxygens (including phenoxy) is 1. The number of amidine groups is 1. The largest absolute Gasteiger partial charge is 0.496 e. The predicted octanol–water partition coefficient (Wildman–Crippen LogP) is 5.86. The van der Waals surface area contributed by atoms with E-state index in [4.69, 9.17) is 10.1 Å². The van der Waals surface area contributed by atoms with Crippen LogP contribution < -0.4 is 4.74 Å². The van der Waals surface area contributed by atoms with Crippen LogP contribution in [-0.4, -0.2) is 30.9 Å². The van der Waals surface area contributed by atoms with E-state index in [1.54, 1.807) is 7.11 Å². The first-order valence-corrected chi connectivity index (χ1v) is 9.62. The van der Waals surface area contributed by atoms with E-state index in [1.165, 1.54) is 25.7 Å². The van der Waals surface area contributed by atoms with Gasteiger partial charge in [0.15, 0.2) is 0 Å². The summed E-state index contributed by atoms with van der Waals surface area (Å²) in [5.41, 5.74) is 1.00. The molecule has 1 N–H and O–H groups in total. The number of hydrogen-bond donors (Lipinski definition) is 1. The Balaban J connectivity index is 2.29.